The van der Waals surface area contributed by atoms with Gasteiger partial charge in [0.05, 0.1) is 0 Å². The van der Waals surface area contributed by atoms with Crippen LogP contribution in [-0.4, -0.2) is 11.5 Å². The molecule has 0 unspecified atom stereocenters. The molecule has 2 rings (SSSR count). The van der Waals surface area contributed by atoms with Gasteiger partial charge in [0.25, 0.3) is 0 Å². The van der Waals surface area contributed by atoms with Crippen LogP contribution >= 0.6 is 0 Å². The number of aryl methyl sites for hydroxylation is 2. The number of hydrogen-bond donors (Lipinski definition) is 1. The van der Waals surface area contributed by atoms with Gasteiger partial charge in [-0.2, -0.15) is 0 Å². The van der Waals surface area contributed by atoms with Crippen LogP contribution in [0.15, 0.2) is 12.1 Å². The van der Waals surface area contributed by atoms with Crippen molar-refractivity contribution in [3.05, 3.63) is 23.4 Å². The molecule has 14 heavy (non-hydrogen) atoms. The number of hydrogen-bond acceptors (Lipinski definition) is 2. The molecule has 0 aromatic carbocycles. The van der Waals surface area contributed by atoms with E-state index in [1.54, 1.807) is 0 Å². The predicted molar refractivity (Wildman–Crippen MR) is 63.9 cm³/mol. The zero-order valence-electron chi connectivity index (χ0n) is 9.43. The molecule has 1 aliphatic rings. The summed E-state index contributed by atoms with van der Waals surface area (Å²) >= 11 is 0. The Morgan fingerprint density at radius 2 is 2.07 bits per heavy atom. The summed E-state index contributed by atoms with van der Waals surface area (Å²) < 4.78 is 0. The highest BCUT2D eigenvalue weighted by molar-refractivity contribution is 5.45. The molecule has 0 bridgehead atoms. The summed E-state index contributed by atoms with van der Waals surface area (Å²) in [6.45, 7) is 7.11. The van der Waals surface area contributed by atoms with E-state index in [2.05, 4.69) is 22.4 Å². The third-order valence-electron chi connectivity index (χ3n) is 2.28. The molecular weight excluding hydrogens is 172 g/mol. The first-order chi connectivity index (χ1) is 6.86. The van der Waals surface area contributed by atoms with Crippen molar-refractivity contribution in [3.63, 3.8) is 0 Å². The molecule has 1 aromatic heterocycles. The summed E-state index contributed by atoms with van der Waals surface area (Å²) in [5.74, 6) is 1.10. The van der Waals surface area contributed by atoms with Gasteiger partial charge in [0, 0.05) is 13.7 Å². The van der Waals surface area contributed by atoms with Crippen molar-refractivity contribution in [3.8, 4) is 0 Å². The molecule has 0 spiro atoms. The Morgan fingerprint density at radius 1 is 1.29 bits per heavy atom. The van der Waals surface area contributed by atoms with Crippen LogP contribution in [0.5, 0.6) is 0 Å². The fourth-order valence-electron chi connectivity index (χ4n) is 1.59. The largest absolute Gasteiger partial charge is 0.370 e. The van der Waals surface area contributed by atoms with E-state index in [1.807, 2.05) is 20.8 Å². The van der Waals surface area contributed by atoms with Crippen LogP contribution in [0.25, 0.3) is 0 Å². The zero-order chi connectivity index (χ0) is 10.4. The van der Waals surface area contributed by atoms with Gasteiger partial charge in [-0.25, -0.2) is 4.98 Å². The molecule has 0 amide bonds. The molecular formula is C12H22N2. The van der Waals surface area contributed by atoms with E-state index in [0.29, 0.717) is 0 Å². The van der Waals surface area contributed by atoms with E-state index >= 15 is 0 Å². The number of aromatic nitrogens is 1. The molecule has 0 atom stereocenters. The van der Waals surface area contributed by atoms with Crippen LogP contribution in [0.1, 0.15) is 39.4 Å². The molecule has 2 nitrogen and oxygen atoms in total. The van der Waals surface area contributed by atoms with Gasteiger partial charge in [0.1, 0.15) is 5.82 Å². The van der Waals surface area contributed by atoms with E-state index in [-0.39, 0.29) is 1.43 Å². The number of rotatable bonds is 0. The maximum absolute atomic E-state index is 4.46. The van der Waals surface area contributed by atoms with Crippen molar-refractivity contribution in [2.45, 2.75) is 40.0 Å². The minimum absolute atomic E-state index is 0. The molecule has 2 heteroatoms. The Morgan fingerprint density at radius 3 is 2.86 bits per heavy atom. The van der Waals surface area contributed by atoms with Gasteiger partial charge in [-0.05, 0) is 37.8 Å². The minimum Gasteiger partial charge on any atom is -0.370 e. The summed E-state index contributed by atoms with van der Waals surface area (Å²) in [6, 6.07) is 4.28. The zero-order valence-corrected chi connectivity index (χ0v) is 9.43. The first-order valence-electron chi connectivity index (χ1n) is 5.57. The molecule has 0 fully saturated rings. The summed E-state index contributed by atoms with van der Waals surface area (Å²) in [5.41, 5.74) is 2.47. The Balaban J connectivity index is 0.000000617. The average Bonchev–Trinajstić information content (AvgIpc) is 2.45. The topological polar surface area (TPSA) is 24.9 Å². The smallest absolute Gasteiger partial charge is 0.129 e. The summed E-state index contributed by atoms with van der Waals surface area (Å²) in [4.78, 5) is 4.46. The molecule has 0 saturated heterocycles. The fourth-order valence-corrected chi connectivity index (χ4v) is 1.59. The average molecular weight is 194 g/mol. The van der Waals surface area contributed by atoms with Crippen molar-refractivity contribution >= 4 is 5.82 Å². The number of fused-ring (bicyclic) bond motifs is 1. The lowest BCUT2D eigenvalue weighted by atomic mass is 10.1. The van der Waals surface area contributed by atoms with Crippen molar-refractivity contribution in [1.82, 2.24) is 4.98 Å². The summed E-state index contributed by atoms with van der Waals surface area (Å²) in [7, 11) is 0. The second-order valence-corrected chi connectivity index (χ2v) is 3.34. The van der Waals surface area contributed by atoms with Crippen LogP contribution in [0, 0.1) is 6.92 Å². The fraction of sp³-hybridized carbons (Fsp3) is 0.583. The highest BCUT2D eigenvalue weighted by Crippen LogP contribution is 2.18. The molecule has 1 aliphatic heterocycles. The second-order valence-electron chi connectivity index (χ2n) is 3.34. The van der Waals surface area contributed by atoms with Gasteiger partial charge in [0.2, 0.25) is 0 Å². The first kappa shape index (κ1) is 11.0. The van der Waals surface area contributed by atoms with Gasteiger partial charge in [-0.15, -0.1) is 0 Å². The van der Waals surface area contributed by atoms with Crippen LogP contribution in [0.4, 0.5) is 5.82 Å². The summed E-state index contributed by atoms with van der Waals surface area (Å²) in [6.07, 6.45) is 3.72. The number of pyridine rings is 1. The van der Waals surface area contributed by atoms with E-state index in [4.69, 9.17) is 0 Å². The van der Waals surface area contributed by atoms with Crippen molar-refractivity contribution in [2.75, 3.05) is 11.9 Å². The number of nitrogens with one attached hydrogen (secondary N) is 1. The number of nitrogens with zero attached hydrogens (tertiary/aromatic N) is 1. The van der Waals surface area contributed by atoms with Crippen molar-refractivity contribution < 1.29 is 1.43 Å². The van der Waals surface area contributed by atoms with Crippen molar-refractivity contribution in [2.24, 2.45) is 0 Å². The highest BCUT2D eigenvalue weighted by atomic mass is 15.0. The van der Waals surface area contributed by atoms with Crippen LogP contribution in [0.3, 0.4) is 0 Å². The lowest BCUT2D eigenvalue weighted by molar-refractivity contribution is 0.785. The SMILES string of the molecule is CC.Cc1ccc2c(n1)NCCCC2.[HH]. The van der Waals surface area contributed by atoms with Crippen LogP contribution < -0.4 is 5.32 Å². The third-order valence-corrected chi connectivity index (χ3v) is 2.28. The van der Waals surface area contributed by atoms with Gasteiger partial charge < -0.3 is 5.32 Å². The maximum atomic E-state index is 4.46. The maximum Gasteiger partial charge on any atom is 0.129 e. The van der Waals surface area contributed by atoms with Gasteiger partial charge in [-0.3, -0.25) is 0 Å². The Kier molecular flexibility index (Phi) is 4.44. The van der Waals surface area contributed by atoms with E-state index in [9.17, 15) is 0 Å². The Labute approximate surface area is 88.2 Å². The minimum atomic E-state index is 0. The van der Waals surface area contributed by atoms with E-state index in [0.717, 1.165) is 18.1 Å². The Hall–Kier alpha value is -1.05. The van der Waals surface area contributed by atoms with E-state index in [1.165, 1.54) is 24.8 Å². The lowest BCUT2D eigenvalue weighted by Crippen LogP contribution is -2.02. The molecule has 1 aromatic rings. The monoisotopic (exact) mass is 194 g/mol. The van der Waals surface area contributed by atoms with Crippen molar-refractivity contribution in [1.29, 1.82) is 0 Å². The summed E-state index contributed by atoms with van der Waals surface area (Å²) in [5, 5.41) is 3.35. The number of anilines is 1. The quantitative estimate of drug-likeness (QED) is 0.684. The van der Waals surface area contributed by atoms with E-state index < -0.39 is 0 Å². The molecule has 2 heterocycles. The highest BCUT2D eigenvalue weighted by Gasteiger charge is 2.07. The van der Waals surface area contributed by atoms with Gasteiger partial charge in [-0.1, -0.05) is 19.9 Å². The molecule has 80 valence electrons. The van der Waals surface area contributed by atoms with Crippen LogP contribution in [0.2, 0.25) is 0 Å². The third kappa shape index (κ3) is 2.72. The molecule has 0 aliphatic carbocycles. The normalized spacial score (nSPS) is 14.2. The second kappa shape index (κ2) is 5.63. The predicted octanol–water partition coefficient (Wildman–Crippen LogP) is 3.41. The van der Waals surface area contributed by atoms with Gasteiger partial charge >= 0.3 is 0 Å². The lowest BCUT2D eigenvalue weighted by Gasteiger charge is -2.06. The first-order valence-corrected chi connectivity index (χ1v) is 5.57. The molecule has 1 N–H and O–H groups in total. The molecule has 0 saturated carbocycles. The van der Waals surface area contributed by atoms with Crippen LogP contribution in [-0.2, 0) is 6.42 Å². The molecule has 0 radical (unpaired) electrons. The van der Waals surface area contributed by atoms with Gasteiger partial charge in [0.15, 0.2) is 0 Å². The standard InChI is InChI=1S/C10H14N2.C2H6.H2/c1-8-5-6-9-4-2-3-7-11-10(9)12-8;1-2;/h5-6H,2-4,7H2,1H3,(H,11,12);1-2H3;1H. The Bertz CT molecular complexity index is 287.